The number of hydrogen-bond donors (Lipinski definition) is 1. The number of rotatable bonds is 10. The van der Waals surface area contributed by atoms with Gasteiger partial charge in [-0.05, 0) is 85.2 Å². The SMILES string of the molecule is CSCCN(c1cc2oc(-c3ccc(Oc4ccc(F)cc4)cc3)c(C(=O)O)c2cc1C1CC1)S(C)(=O)=O. The summed E-state index contributed by atoms with van der Waals surface area (Å²) in [5.74, 6) is 0.421. The van der Waals surface area contributed by atoms with E-state index in [-0.39, 0.29) is 23.1 Å². The molecule has 3 aromatic carbocycles. The van der Waals surface area contributed by atoms with E-state index in [0.717, 1.165) is 18.4 Å². The van der Waals surface area contributed by atoms with Gasteiger partial charge in [0, 0.05) is 29.3 Å². The minimum atomic E-state index is -3.56. The van der Waals surface area contributed by atoms with E-state index < -0.39 is 16.0 Å². The normalized spacial score (nSPS) is 13.6. The molecule has 4 aromatic rings. The second kappa shape index (κ2) is 10.3. The Labute approximate surface area is 224 Å². The molecule has 38 heavy (non-hydrogen) atoms. The Hall–Kier alpha value is -3.50. The molecular formula is C28H26FNO6S2. The van der Waals surface area contributed by atoms with E-state index in [4.69, 9.17) is 9.15 Å². The highest BCUT2D eigenvalue weighted by atomic mass is 32.2. The van der Waals surface area contributed by atoms with Crippen molar-refractivity contribution in [2.45, 2.75) is 18.8 Å². The molecular weight excluding hydrogens is 529 g/mol. The summed E-state index contributed by atoms with van der Waals surface area (Å²) in [7, 11) is -3.56. The standard InChI is InChI=1S/C28H26FNO6S2/c1-37-14-13-30(38(2,33)34)24-16-25-23(15-22(24)17-3-4-17)26(28(31)32)27(36-25)18-5-9-20(10-6-18)35-21-11-7-19(29)8-12-21/h5-12,15-17H,3-4,13-14H2,1-2H3,(H,31,32). The second-order valence-electron chi connectivity index (χ2n) is 9.20. The summed E-state index contributed by atoms with van der Waals surface area (Å²) in [4.78, 5) is 12.4. The summed E-state index contributed by atoms with van der Waals surface area (Å²) >= 11 is 1.55. The zero-order valence-electron chi connectivity index (χ0n) is 20.8. The molecule has 1 aromatic heterocycles. The van der Waals surface area contributed by atoms with Crippen LogP contribution in [0.15, 0.2) is 65.1 Å². The van der Waals surface area contributed by atoms with Crippen LogP contribution in [0, 0.1) is 5.82 Å². The molecule has 0 aliphatic heterocycles. The lowest BCUT2D eigenvalue weighted by molar-refractivity contribution is 0.0699. The van der Waals surface area contributed by atoms with Crippen molar-refractivity contribution in [3.05, 3.63) is 77.6 Å². The van der Waals surface area contributed by atoms with Crippen LogP contribution in [-0.2, 0) is 10.0 Å². The molecule has 198 valence electrons. The number of benzene rings is 3. The molecule has 1 saturated carbocycles. The van der Waals surface area contributed by atoms with E-state index in [9.17, 15) is 22.7 Å². The first-order valence-corrected chi connectivity index (χ1v) is 15.2. The van der Waals surface area contributed by atoms with Gasteiger partial charge in [0.15, 0.2) is 0 Å². The third-order valence-electron chi connectivity index (χ3n) is 6.40. The van der Waals surface area contributed by atoms with Gasteiger partial charge in [0.2, 0.25) is 10.0 Å². The molecule has 0 radical (unpaired) electrons. The maximum atomic E-state index is 13.2. The molecule has 1 fully saturated rings. The summed E-state index contributed by atoms with van der Waals surface area (Å²) < 4.78 is 51.8. The molecule has 1 aliphatic rings. The summed E-state index contributed by atoms with van der Waals surface area (Å²) in [5, 5.41) is 10.6. The summed E-state index contributed by atoms with van der Waals surface area (Å²) in [5.41, 5.74) is 2.22. The van der Waals surface area contributed by atoms with Crippen LogP contribution in [0.4, 0.5) is 10.1 Å². The van der Waals surface area contributed by atoms with Crippen LogP contribution in [0.1, 0.15) is 34.7 Å². The minimum absolute atomic E-state index is 0.0238. The van der Waals surface area contributed by atoms with Crippen molar-refractivity contribution in [2.75, 3.05) is 29.1 Å². The predicted octanol–water partition coefficient (Wildman–Crippen LogP) is 6.74. The van der Waals surface area contributed by atoms with Crippen LogP contribution in [-0.4, -0.2) is 44.3 Å². The number of sulfonamides is 1. The number of halogens is 1. The maximum absolute atomic E-state index is 13.2. The van der Waals surface area contributed by atoms with Crippen molar-refractivity contribution in [1.29, 1.82) is 0 Å². The third kappa shape index (κ3) is 5.37. The average Bonchev–Trinajstić information content (AvgIpc) is 3.65. The lowest BCUT2D eigenvalue weighted by Gasteiger charge is -2.25. The number of carboxylic acids is 1. The number of nitrogens with zero attached hydrogens (tertiary/aromatic N) is 1. The first-order chi connectivity index (χ1) is 18.2. The highest BCUT2D eigenvalue weighted by Crippen LogP contribution is 2.48. The van der Waals surface area contributed by atoms with Crippen LogP contribution in [0.5, 0.6) is 11.5 Å². The van der Waals surface area contributed by atoms with Crippen LogP contribution >= 0.6 is 11.8 Å². The Morgan fingerprint density at radius 2 is 1.74 bits per heavy atom. The van der Waals surface area contributed by atoms with Crippen LogP contribution < -0.4 is 9.04 Å². The third-order valence-corrected chi connectivity index (χ3v) is 8.17. The second-order valence-corrected chi connectivity index (χ2v) is 12.1. The van der Waals surface area contributed by atoms with Gasteiger partial charge < -0.3 is 14.3 Å². The number of furan rings is 1. The first kappa shape index (κ1) is 26.1. The van der Waals surface area contributed by atoms with Gasteiger partial charge in [-0.15, -0.1) is 0 Å². The Morgan fingerprint density at radius 1 is 1.11 bits per heavy atom. The van der Waals surface area contributed by atoms with E-state index >= 15 is 0 Å². The Bertz CT molecular complexity index is 1590. The zero-order valence-corrected chi connectivity index (χ0v) is 22.4. The number of anilines is 1. The topological polar surface area (TPSA) is 97.1 Å². The van der Waals surface area contributed by atoms with E-state index in [1.54, 1.807) is 48.2 Å². The fourth-order valence-electron chi connectivity index (χ4n) is 4.45. The summed E-state index contributed by atoms with van der Waals surface area (Å²) in [6, 6.07) is 15.8. The molecule has 0 atom stereocenters. The minimum Gasteiger partial charge on any atom is -0.478 e. The number of carbonyl (C=O) groups is 1. The number of thioether (sulfide) groups is 1. The van der Waals surface area contributed by atoms with Crippen molar-refractivity contribution in [3.63, 3.8) is 0 Å². The molecule has 10 heteroatoms. The van der Waals surface area contributed by atoms with Crippen molar-refractivity contribution in [2.24, 2.45) is 0 Å². The first-order valence-electron chi connectivity index (χ1n) is 12.0. The highest BCUT2D eigenvalue weighted by molar-refractivity contribution is 7.98. The van der Waals surface area contributed by atoms with Crippen molar-refractivity contribution in [1.82, 2.24) is 0 Å². The predicted molar refractivity (Wildman–Crippen MR) is 148 cm³/mol. The molecule has 5 rings (SSSR count). The zero-order chi connectivity index (χ0) is 27.0. The molecule has 1 N–H and O–H groups in total. The highest BCUT2D eigenvalue weighted by Gasteiger charge is 2.33. The van der Waals surface area contributed by atoms with Crippen molar-refractivity contribution in [3.8, 4) is 22.8 Å². The van der Waals surface area contributed by atoms with Crippen molar-refractivity contribution < 1.29 is 31.9 Å². The molecule has 1 aliphatic carbocycles. The van der Waals surface area contributed by atoms with Crippen LogP contribution in [0.3, 0.4) is 0 Å². The number of hydrogen-bond acceptors (Lipinski definition) is 6. The van der Waals surface area contributed by atoms with Gasteiger partial charge in [-0.2, -0.15) is 11.8 Å². The number of ether oxygens (including phenoxy) is 1. The quantitative estimate of drug-likeness (QED) is 0.232. The van der Waals surface area contributed by atoms with Gasteiger partial charge in [0.25, 0.3) is 0 Å². The van der Waals surface area contributed by atoms with Gasteiger partial charge >= 0.3 is 5.97 Å². The molecule has 0 unspecified atom stereocenters. The van der Waals surface area contributed by atoms with Gasteiger partial charge in [-0.3, -0.25) is 4.31 Å². The molecule has 0 amide bonds. The largest absolute Gasteiger partial charge is 0.478 e. The Balaban J connectivity index is 1.58. The maximum Gasteiger partial charge on any atom is 0.340 e. The fourth-order valence-corrected chi connectivity index (χ4v) is 5.87. The summed E-state index contributed by atoms with van der Waals surface area (Å²) in [6.45, 7) is 0.306. The monoisotopic (exact) mass is 555 g/mol. The average molecular weight is 556 g/mol. The number of fused-ring (bicyclic) bond motifs is 1. The van der Waals surface area contributed by atoms with Gasteiger partial charge in [-0.1, -0.05) is 0 Å². The molecule has 0 saturated heterocycles. The molecule has 0 bridgehead atoms. The fraction of sp³-hybridized carbons (Fsp3) is 0.250. The van der Waals surface area contributed by atoms with Crippen molar-refractivity contribution >= 4 is 44.4 Å². The number of aromatic carboxylic acids is 1. The van der Waals surface area contributed by atoms with E-state index in [0.29, 0.717) is 46.0 Å². The number of carboxylic acid groups (broad SMARTS) is 1. The Morgan fingerprint density at radius 3 is 2.29 bits per heavy atom. The van der Waals surface area contributed by atoms with Crippen LogP contribution in [0.2, 0.25) is 0 Å². The lowest BCUT2D eigenvalue weighted by atomic mass is 10.0. The lowest BCUT2D eigenvalue weighted by Crippen LogP contribution is -2.32. The Kier molecular flexibility index (Phi) is 7.11. The molecule has 0 spiro atoms. The van der Waals surface area contributed by atoms with E-state index in [1.165, 1.54) is 34.8 Å². The van der Waals surface area contributed by atoms with Gasteiger partial charge in [0.05, 0.1) is 11.9 Å². The van der Waals surface area contributed by atoms with Gasteiger partial charge in [0.1, 0.15) is 34.2 Å². The van der Waals surface area contributed by atoms with Gasteiger partial charge in [-0.25, -0.2) is 17.6 Å². The smallest absolute Gasteiger partial charge is 0.340 e. The summed E-state index contributed by atoms with van der Waals surface area (Å²) in [6.07, 6.45) is 4.93. The van der Waals surface area contributed by atoms with Crippen LogP contribution in [0.25, 0.3) is 22.3 Å². The molecule has 7 nitrogen and oxygen atoms in total. The molecule has 1 heterocycles. The van der Waals surface area contributed by atoms with E-state index in [1.807, 2.05) is 6.26 Å². The van der Waals surface area contributed by atoms with E-state index in [2.05, 4.69) is 0 Å².